The fourth-order valence-electron chi connectivity index (χ4n) is 3.18. The topological polar surface area (TPSA) is 82.0 Å². The maximum absolute atomic E-state index is 14.5. The third-order valence-electron chi connectivity index (χ3n) is 4.86. The second-order valence-electron chi connectivity index (χ2n) is 7.38. The highest BCUT2D eigenvalue weighted by atomic mass is 19.2. The first-order valence-corrected chi connectivity index (χ1v) is 9.90. The van der Waals surface area contributed by atoms with Crippen molar-refractivity contribution in [1.82, 2.24) is 19.7 Å². The summed E-state index contributed by atoms with van der Waals surface area (Å²) in [7, 11) is 1.80. The van der Waals surface area contributed by atoms with Gasteiger partial charge in [-0.3, -0.25) is 4.68 Å². The Balaban J connectivity index is 1.47. The number of aryl methyl sites for hydroxylation is 1. The molecule has 170 valence electrons. The first-order valence-electron chi connectivity index (χ1n) is 9.90. The summed E-state index contributed by atoms with van der Waals surface area (Å²) in [6, 6.07) is 7.01. The Hall–Kier alpha value is -4.08. The minimum atomic E-state index is -1.10. The molecule has 4 aromatic rings. The molecule has 0 amide bonds. The van der Waals surface area contributed by atoms with Gasteiger partial charge in [-0.15, -0.1) is 0 Å². The molecule has 2 heterocycles. The minimum absolute atomic E-state index is 0.0405. The monoisotopic (exact) mass is 456 g/mol. The van der Waals surface area contributed by atoms with Crippen LogP contribution in [0.15, 0.2) is 53.6 Å². The molecule has 0 saturated heterocycles. The van der Waals surface area contributed by atoms with Crippen LogP contribution in [0.1, 0.15) is 22.4 Å². The number of nitrogens with one attached hydrogen (secondary N) is 1. The third kappa shape index (κ3) is 5.22. The molecule has 33 heavy (non-hydrogen) atoms. The molecule has 0 bridgehead atoms. The van der Waals surface area contributed by atoms with Gasteiger partial charge in [-0.25, -0.2) is 18.0 Å². The zero-order valence-electron chi connectivity index (χ0n) is 17.7. The van der Waals surface area contributed by atoms with Gasteiger partial charge in [0.15, 0.2) is 23.2 Å². The molecular weight excluding hydrogens is 437 g/mol. The number of benzene rings is 2. The van der Waals surface area contributed by atoms with Crippen molar-refractivity contribution in [3.8, 4) is 17.4 Å². The summed E-state index contributed by atoms with van der Waals surface area (Å²) in [6.45, 7) is 1.72. The maximum atomic E-state index is 14.5. The van der Waals surface area contributed by atoms with Gasteiger partial charge in [0.05, 0.1) is 6.20 Å². The lowest BCUT2D eigenvalue weighted by molar-refractivity contribution is 0.288. The zero-order valence-corrected chi connectivity index (χ0v) is 17.7. The van der Waals surface area contributed by atoms with Crippen LogP contribution in [0.2, 0.25) is 0 Å². The van der Waals surface area contributed by atoms with Gasteiger partial charge in [-0.05, 0) is 42.3 Å². The Morgan fingerprint density at radius 2 is 1.85 bits per heavy atom. The van der Waals surface area contributed by atoms with E-state index in [1.54, 1.807) is 30.9 Å². The minimum Gasteiger partial charge on any atom is -0.472 e. The molecule has 2 aromatic heterocycles. The van der Waals surface area contributed by atoms with Gasteiger partial charge in [0.25, 0.3) is 0 Å². The van der Waals surface area contributed by atoms with Crippen molar-refractivity contribution in [2.24, 2.45) is 7.05 Å². The molecule has 10 heteroatoms. The van der Waals surface area contributed by atoms with Crippen LogP contribution >= 0.6 is 0 Å². The molecule has 0 saturated carbocycles. The molecule has 0 fully saturated rings. The SMILES string of the molecule is Cc1c(OCc2ccc(Oc3ccc(F)c(F)c3)c(F)c2)nc(=O)[nH]c1Cc1cnn(C)c1. The number of nitrogens with zero attached hydrogens (tertiary/aromatic N) is 3. The fourth-order valence-corrected chi connectivity index (χ4v) is 3.18. The highest BCUT2D eigenvalue weighted by molar-refractivity contribution is 5.35. The number of aromatic nitrogens is 4. The second-order valence-corrected chi connectivity index (χ2v) is 7.38. The number of ether oxygens (including phenoxy) is 2. The molecule has 0 aliphatic rings. The summed E-state index contributed by atoms with van der Waals surface area (Å²) in [5.41, 5.74) is 2.10. The lowest BCUT2D eigenvalue weighted by Gasteiger charge is -2.12. The van der Waals surface area contributed by atoms with Crippen LogP contribution in [0.3, 0.4) is 0 Å². The largest absolute Gasteiger partial charge is 0.472 e. The highest BCUT2D eigenvalue weighted by Gasteiger charge is 2.13. The van der Waals surface area contributed by atoms with Crippen LogP contribution in [0.4, 0.5) is 13.2 Å². The molecule has 0 spiro atoms. The molecule has 0 radical (unpaired) electrons. The summed E-state index contributed by atoms with van der Waals surface area (Å²) in [6.07, 6.45) is 3.98. The molecule has 7 nitrogen and oxygen atoms in total. The van der Waals surface area contributed by atoms with E-state index in [0.717, 1.165) is 17.7 Å². The third-order valence-corrected chi connectivity index (χ3v) is 4.86. The second kappa shape index (κ2) is 9.19. The van der Waals surface area contributed by atoms with E-state index in [2.05, 4.69) is 15.1 Å². The normalized spacial score (nSPS) is 10.9. The van der Waals surface area contributed by atoms with Crippen molar-refractivity contribution in [2.75, 3.05) is 0 Å². The average Bonchev–Trinajstić information content (AvgIpc) is 3.18. The predicted octanol–water partition coefficient (Wildman–Crippen LogP) is 4.19. The van der Waals surface area contributed by atoms with E-state index in [4.69, 9.17) is 9.47 Å². The van der Waals surface area contributed by atoms with E-state index in [0.29, 0.717) is 23.2 Å². The van der Waals surface area contributed by atoms with Crippen LogP contribution in [-0.2, 0) is 20.1 Å². The van der Waals surface area contributed by atoms with Crippen LogP contribution in [0.5, 0.6) is 17.4 Å². The van der Waals surface area contributed by atoms with E-state index < -0.39 is 23.1 Å². The summed E-state index contributed by atoms with van der Waals surface area (Å²) < 4.78 is 53.4. The van der Waals surface area contributed by atoms with Crippen LogP contribution in [-0.4, -0.2) is 19.7 Å². The van der Waals surface area contributed by atoms with Gasteiger partial charge in [-0.2, -0.15) is 10.1 Å². The molecular formula is C23H19F3N4O3. The number of halogens is 3. The molecule has 0 aliphatic carbocycles. The van der Waals surface area contributed by atoms with Crippen molar-refractivity contribution < 1.29 is 22.6 Å². The number of hydrogen-bond acceptors (Lipinski definition) is 5. The van der Waals surface area contributed by atoms with Crippen molar-refractivity contribution in [3.63, 3.8) is 0 Å². The summed E-state index contributed by atoms with van der Waals surface area (Å²) in [5, 5.41) is 4.11. The van der Waals surface area contributed by atoms with Crippen LogP contribution in [0.25, 0.3) is 0 Å². The van der Waals surface area contributed by atoms with Gasteiger partial charge in [0, 0.05) is 37.0 Å². The van der Waals surface area contributed by atoms with E-state index in [-0.39, 0.29) is 24.0 Å². The first-order chi connectivity index (χ1) is 15.8. The van der Waals surface area contributed by atoms with E-state index in [1.165, 1.54) is 18.2 Å². The van der Waals surface area contributed by atoms with Gasteiger partial charge in [0.1, 0.15) is 12.4 Å². The van der Waals surface area contributed by atoms with Crippen molar-refractivity contribution in [2.45, 2.75) is 20.0 Å². The molecule has 0 aliphatic heterocycles. The molecule has 2 aromatic carbocycles. The Morgan fingerprint density at radius 3 is 2.55 bits per heavy atom. The predicted molar refractivity (Wildman–Crippen MR) is 113 cm³/mol. The van der Waals surface area contributed by atoms with E-state index >= 15 is 0 Å². The maximum Gasteiger partial charge on any atom is 0.348 e. The smallest absolute Gasteiger partial charge is 0.348 e. The Labute approximate surface area is 186 Å². The quantitative estimate of drug-likeness (QED) is 0.451. The first kappa shape index (κ1) is 22.1. The highest BCUT2D eigenvalue weighted by Crippen LogP contribution is 2.27. The lowest BCUT2D eigenvalue weighted by atomic mass is 10.1. The van der Waals surface area contributed by atoms with Gasteiger partial charge < -0.3 is 14.5 Å². The number of H-pyrrole nitrogens is 1. The summed E-state index contributed by atoms with van der Waals surface area (Å²) >= 11 is 0. The molecule has 4 rings (SSSR count). The lowest BCUT2D eigenvalue weighted by Crippen LogP contribution is -2.17. The molecule has 0 unspecified atom stereocenters. The van der Waals surface area contributed by atoms with Crippen LogP contribution in [0, 0.1) is 24.4 Å². The van der Waals surface area contributed by atoms with Crippen molar-refractivity contribution >= 4 is 0 Å². The molecule has 1 N–H and O–H groups in total. The van der Waals surface area contributed by atoms with Crippen LogP contribution < -0.4 is 15.2 Å². The van der Waals surface area contributed by atoms with Crippen molar-refractivity contribution in [1.29, 1.82) is 0 Å². The Morgan fingerprint density at radius 1 is 1.03 bits per heavy atom. The van der Waals surface area contributed by atoms with Gasteiger partial charge >= 0.3 is 5.69 Å². The standard InChI is InChI=1S/C23H19F3N4O3/c1-13-20(8-15-10-27-30(2)11-15)28-23(31)29-22(13)32-12-14-3-6-21(19(26)7-14)33-16-4-5-17(24)18(25)9-16/h3-7,9-11H,8,12H2,1-2H3,(H,28,29,31). The number of rotatable bonds is 7. The zero-order chi connectivity index (χ0) is 23.5. The molecule has 0 atom stereocenters. The Bertz CT molecular complexity index is 1370. The fraction of sp³-hybridized carbons (Fsp3) is 0.174. The van der Waals surface area contributed by atoms with Crippen molar-refractivity contribution in [3.05, 3.63) is 99.1 Å². The summed E-state index contributed by atoms with van der Waals surface area (Å²) in [4.78, 5) is 18.6. The van der Waals surface area contributed by atoms with E-state index in [1.807, 2.05) is 6.20 Å². The van der Waals surface area contributed by atoms with Gasteiger partial charge in [-0.1, -0.05) is 6.07 Å². The summed E-state index contributed by atoms with van der Waals surface area (Å²) in [5.74, 6) is -2.90. The van der Waals surface area contributed by atoms with Gasteiger partial charge in [0.2, 0.25) is 5.88 Å². The Kier molecular flexibility index (Phi) is 6.16. The average molecular weight is 456 g/mol. The van der Waals surface area contributed by atoms with E-state index in [9.17, 15) is 18.0 Å². The number of hydrogen-bond donors (Lipinski definition) is 1. The number of aromatic amines is 1.